The zero-order chi connectivity index (χ0) is 6.78. The van der Waals surface area contributed by atoms with Crippen LogP contribution in [0.4, 0.5) is 0 Å². The number of halogens is 3. The largest absolute Gasteiger partial charge is 0.382 e. The molecular weight excluding hydrogens is 169 g/mol. The smallest absolute Gasteiger partial charge is 0.326 e. The Morgan fingerprint density at radius 3 is 1.62 bits per heavy atom. The zero-order valence-corrected chi connectivity index (χ0v) is 6.93. The molecule has 0 unspecified atom stereocenters. The predicted molar refractivity (Wildman–Crippen MR) is 40.1 cm³/mol. The summed E-state index contributed by atoms with van der Waals surface area (Å²) < 4.78 is -1.94. The fourth-order valence-electron chi connectivity index (χ4n) is 0.293. The summed E-state index contributed by atoms with van der Waals surface area (Å²) in [4.78, 5) is 0. The summed E-state index contributed by atoms with van der Waals surface area (Å²) in [5.41, 5.74) is 0. The lowest BCUT2D eigenvalue weighted by Gasteiger charge is -2.26. The van der Waals surface area contributed by atoms with Crippen LogP contribution in [0.1, 0.15) is 0 Å². The summed E-state index contributed by atoms with van der Waals surface area (Å²) in [6, 6.07) is 0. The highest BCUT2D eigenvalue weighted by atomic mass is 35.6. The Balaban J connectivity index is 3.39. The van der Waals surface area contributed by atoms with Gasteiger partial charge < -0.3 is 39.7 Å². The van der Waals surface area contributed by atoms with E-state index in [4.69, 9.17) is 34.4 Å². The van der Waals surface area contributed by atoms with Crippen LogP contribution in [0.15, 0.2) is 0 Å². The third kappa shape index (κ3) is 6.85. The van der Waals surface area contributed by atoms with Crippen LogP contribution in [-0.2, 0) is 0 Å². The number of hydrazine groups is 1. The standard InChI is InChI=1S/C2H7BCl3N2/c1-8(2)7-3(4,5)6/h7H,1-2H3/q-1. The Morgan fingerprint density at radius 2 is 1.62 bits per heavy atom. The minimum Gasteiger partial charge on any atom is -0.382 e. The van der Waals surface area contributed by atoms with Crippen LogP contribution < -0.4 is 5.34 Å². The molecule has 0 atom stereocenters. The maximum atomic E-state index is 5.37. The Bertz CT molecular complexity index is 70.2. The molecule has 1 N–H and O–H groups in total. The van der Waals surface area contributed by atoms with Crippen molar-refractivity contribution in [1.82, 2.24) is 10.3 Å². The molecule has 0 aliphatic rings. The van der Waals surface area contributed by atoms with E-state index < -0.39 is 4.53 Å². The van der Waals surface area contributed by atoms with E-state index in [-0.39, 0.29) is 0 Å². The molecule has 0 spiro atoms. The van der Waals surface area contributed by atoms with E-state index in [0.717, 1.165) is 0 Å². The molecule has 0 saturated carbocycles. The Kier molecular flexibility index (Phi) is 3.47. The summed E-state index contributed by atoms with van der Waals surface area (Å²) in [7, 11) is 3.51. The van der Waals surface area contributed by atoms with Gasteiger partial charge in [0.1, 0.15) is 0 Å². The van der Waals surface area contributed by atoms with Gasteiger partial charge in [-0.05, 0) is 14.1 Å². The first-order valence-corrected chi connectivity index (χ1v) is 3.37. The molecule has 0 amide bonds. The van der Waals surface area contributed by atoms with Crippen LogP contribution in [0.2, 0.25) is 0 Å². The maximum Gasteiger partial charge on any atom is 0.326 e. The van der Waals surface area contributed by atoms with Gasteiger partial charge in [0, 0.05) is 0 Å². The van der Waals surface area contributed by atoms with Crippen molar-refractivity contribution in [3.8, 4) is 0 Å². The van der Waals surface area contributed by atoms with Crippen molar-refractivity contribution in [2.45, 2.75) is 0 Å². The van der Waals surface area contributed by atoms with Crippen molar-refractivity contribution in [3.63, 3.8) is 0 Å². The summed E-state index contributed by atoms with van der Waals surface area (Å²) in [6.07, 6.45) is 0. The topological polar surface area (TPSA) is 15.3 Å². The van der Waals surface area contributed by atoms with Gasteiger partial charge in [-0.15, -0.1) is 0 Å². The van der Waals surface area contributed by atoms with Crippen LogP contribution in [0.25, 0.3) is 0 Å². The second-order valence-electron chi connectivity index (χ2n) is 1.60. The van der Waals surface area contributed by atoms with Crippen molar-refractivity contribution < 1.29 is 0 Å². The van der Waals surface area contributed by atoms with Gasteiger partial charge in [-0.2, -0.15) is 0 Å². The lowest BCUT2D eigenvalue weighted by atomic mass is 10.4. The van der Waals surface area contributed by atoms with Gasteiger partial charge >= 0.3 is 4.53 Å². The van der Waals surface area contributed by atoms with Gasteiger partial charge in [0.25, 0.3) is 0 Å². The molecule has 0 aromatic heterocycles. The average molecular weight is 176 g/mol. The monoisotopic (exact) mass is 175 g/mol. The predicted octanol–water partition coefficient (Wildman–Crippen LogP) is 1.20. The van der Waals surface area contributed by atoms with E-state index >= 15 is 0 Å². The van der Waals surface area contributed by atoms with E-state index in [0.29, 0.717) is 0 Å². The van der Waals surface area contributed by atoms with Crippen molar-refractivity contribution >= 4 is 38.9 Å². The molecule has 0 aliphatic carbocycles. The lowest BCUT2D eigenvalue weighted by Crippen LogP contribution is -2.44. The highest BCUT2D eigenvalue weighted by Gasteiger charge is 2.11. The molecule has 0 heterocycles. The number of hydrogen-bond acceptors (Lipinski definition) is 2. The van der Waals surface area contributed by atoms with Crippen LogP contribution in [0, 0.1) is 0 Å². The molecule has 2 nitrogen and oxygen atoms in total. The van der Waals surface area contributed by atoms with E-state index in [9.17, 15) is 0 Å². The normalized spacial score (nSPS) is 12.8. The fourth-order valence-corrected chi connectivity index (χ4v) is 0.878. The fraction of sp³-hybridized carbons (Fsp3) is 1.00. The first-order valence-electron chi connectivity index (χ1n) is 2.06. The second-order valence-corrected chi connectivity index (χ2v) is 4.23. The highest BCUT2D eigenvalue weighted by Crippen LogP contribution is 2.14. The summed E-state index contributed by atoms with van der Waals surface area (Å²) in [5, 5.41) is 4.16. The van der Waals surface area contributed by atoms with Crippen molar-refractivity contribution in [2.75, 3.05) is 14.1 Å². The number of nitrogens with one attached hydrogen (secondary N) is 1. The SMILES string of the molecule is CN(C)N[B-](Cl)(Cl)Cl. The first-order chi connectivity index (χ1) is 3.42. The van der Waals surface area contributed by atoms with E-state index in [1.54, 1.807) is 19.1 Å². The van der Waals surface area contributed by atoms with Gasteiger partial charge in [-0.25, -0.2) is 0 Å². The van der Waals surface area contributed by atoms with E-state index in [1.807, 2.05) is 0 Å². The number of hydrogen-bond donors (Lipinski definition) is 1. The molecule has 0 rings (SSSR count). The molecule has 0 aromatic rings. The van der Waals surface area contributed by atoms with Crippen molar-refractivity contribution in [3.05, 3.63) is 0 Å². The van der Waals surface area contributed by atoms with Crippen LogP contribution in [-0.4, -0.2) is 23.6 Å². The molecule has 0 radical (unpaired) electrons. The Labute approximate surface area is 63.7 Å². The average Bonchev–Trinajstić information content (AvgIpc) is 1.21. The molecular formula is C2H7BCl3N2-. The molecule has 8 heavy (non-hydrogen) atoms. The minimum absolute atomic E-state index is 1.59. The third-order valence-electron chi connectivity index (χ3n) is 0.405. The Morgan fingerprint density at radius 1 is 1.25 bits per heavy atom. The molecule has 0 fully saturated rings. The van der Waals surface area contributed by atoms with E-state index in [2.05, 4.69) is 5.34 Å². The molecule has 0 saturated heterocycles. The van der Waals surface area contributed by atoms with Crippen LogP contribution >= 0.6 is 34.4 Å². The van der Waals surface area contributed by atoms with Crippen LogP contribution in [0.3, 0.4) is 0 Å². The second kappa shape index (κ2) is 3.13. The zero-order valence-electron chi connectivity index (χ0n) is 4.66. The quantitative estimate of drug-likeness (QED) is 0.502. The number of rotatable bonds is 2. The van der Waals surface area contributed by atoms with Crippen molar-refractivity contribution in [2.24, 2.45) is 0 Å². The lowest BCUT2D eigenvalue weighted by molar-refractivity contribution is 0.373. The first kappa shape index (κ1) is 8.85. The Hall–Kier alpha value is 0.855. The van der Waals surface area contributed by atoms with Crippen LogP contribution in [0.5, 0.6) is 0 Å². The van der Waals surface area contributed by atoms with Gasteiger partial charge in [0.05, 0.1) is 0 Å². The molecule has 6 heteroatoms. The minimum atomic E-state index is -1.94. The van der Waals surface area contributed by atoms with Gasteiger partial charge in [0.15, 0.2) is 0 Å². The van der Waals surface area contributed by atoms with Gasteiger partial charge in [0.2, 0.25) is 0 Å². The van der Waals surface area contributed by atoms with Gasteiger partial charge in [-0.3, -0.25) is 5.01 Å². The van der Waals surface area contributed by atoms with Gasteiger partial charge in [-0.1, -0.05) is 0 Å². The number of nitrogens with zero attached hydrogens (tertiary/aromatic N) is 1. The summed E-state index contributed by atoms with van der Waals surface area (Å²) in [5.74, 6) is 0. The van der Waals surface area contributed by atoms with E-state index in [1.165, 1.54) is 0 Å². The summed E-state index contributed by atoms with van der Waals surface area (Å²) in [6.45, 7) is 0. The maximum absolute atomic E-state index is 5.37. The summed E-state index contributed by atoms with van der Waals surface area (Å²) >= 11 is 16.1. The molecule has 50 valence electrons. The molecule has 0 bridgehead atoms. The molecule has 0 aromatic carbocycles. The third-order valence-corrected chi connectivity index (χ3v) is 0.697. The van der Waals surface area contributed by atoms with Crippen molar-refractivity contribution in [1.29, 1.82) is 0 Å². The molecule has 0 aliphatic heterocycles. The highest BCUT2D eigenvalue weighted by molar-refractivity contribution is 7.63.